The van der Waals surface area contributed by atoms with E-state index in [0.717, 1.165) is 18.6 Å². The van der Waals surface area contributed by atoms with Gasteiger partial charge in [0.15, 0.2) is 0 Å². The fourth-order valence-electron chi connectivity index (χ4n) is 2.68. The van der Waals surface area contributed by atoms with Gasteiger partial charge in [0.1, 0.15) is 5.75 Å². The lowest BCUT2D eigenvalue weighted by molar-refractivity contribution is 0.0470. The summed E-state index contributed by atoms with van der Waals surface area (Å²) in [6.07, 6.45) is 4.44. The van der Waals surface area contributed by atoms with Crippen LogP contribution in [0, 0.1) is 0 Å². The zero-order chi connectivity index (χ0) is 15.8. The number of esters is 1. The van der Waals surface area contributed by atoms with Gasteiger partial charge in [-0.1, -0.05) is 6.92 Å². The van der Waals surface area contributed by atoms with Crippen LogP contribution in [0.2, 0.25) is 0 Å². The van der Waals surface area contributed by atoms with Gasteiger partial charge in [0, 0.05) is 6.04 Å². The molecule has 1 unspecified atom stereocenters. The van der Waals surface area contributed by atoms with Gasteiger partial charge in [-0.3, -0.25) is 0 Å². The molecular formula is C18H27NO3. The summed E-state index contributed by atoms with van der Waals surface area (Å²) in [5.74, 6) is 0.539. The second kappa shape index (κ2) is 8.79. The third kappa shape index (κ3) is 5.02. The lowest BCUT2D eigenvalue weighted by Gasteiger charge is -2.23. The van der Waals surface area contributed by atoms with Crippen LogP contribution >= 0.6 is 0 Å². The van der Waals surface area contributed by atoms with Gasteiger partial charge >= 0.3 is 5.97 Å². The Morgan fingerprint density at radius 3 is 2.50 bits per heavy atom. The summed E-state index contributed by atoms with van der Waals surface area (Å²) in [4.78, 5) is 14.5. The van der Waals surface area contributed by atoms with Gasteiger partial charge in [0.05, 0.1) is 18.8 Å². The Morgan fingerprint density at radius 2 is 1.86 bits per heavy atom. The summed E-state index contributed by atoms with van der Waals surface area (Å²) in [7, 11) is 0. The van der Waals surface area contributed by atoms with Crippen molar-refractivity contribution in [3.63, 3.8) is 0 Å². The Morgan fingerprint density at radius 1 is 1.18 bits per heavy atom. The van der Waals surface area contributed by atoms with Crippen LogP contribution in [-0.4, -0.2) is 43.2 Å². The summed E-state index contributed by atoms with van der Waals surface area (Å²) in [6.45, 7) is 7.79. The predicted molar refractivity (Wildman–Crippen MR) is 87.4 cm³/mol. The molecule has 1 aromatic rings. The summed E-state index contributed by atoms with van der Waals surface area (Å²) in [5, 5.41) is 0. The number of carbonyl (C=O) groups is 1. The number of ether oxygens (including phenoxy) is 2. The predicted octanol–water partition coefficient (Wildman–Crippen LogP) is 3.51. The van der Waals surface area contributed by atoms with Crippen molar-refractivity contribution in [3.05, 3.63) is 29.8 Å². The van der Waals surface area contributed by atoms with Gasteiger partial charge < -0.3 is 14.4 Å². The van der Waals surface area contributed by atoms with E-state index < -0.39 is 0 Å². The number of likely N-dealkylation sites (tertiary alicyclic amines) is 1. The van der Waals surface area contributed by atoms with Crippen LogP contribution in [0.1, 0.15) is 49.9 Å². The van der Waals surface area contributed by atoms with Crippen LogP contribution in [0.3, 0.4) is 0 Å². The Hall–Kier alpha value is -1.55. The van der Waals surface area contributed by atoms with Crippen molar-refractivity contribution in [2.45, 2.75) is 45.6 Å². The molecule has 1 atom stereocenters. The second-order valence-corrected chi connectivity index (χ2v) is 5.89. The third-order valence-electron chi connectivity index (χ3n) is 4.10. The molecule has 0 aliphatic carbocycles. The molecule has 0 N–H and O–H groups in total. The minimum atomic E-state index is -0.254. The number of hydrogen-bond donors (Lipinski definition) is 0. The SMILES string of the molecule is CCCOc1ccc(C(=O)OCCC(C)N2CCCC2)cc1. The van der Waals surface area contributed by atoms with Gasteiger partial charge in [-0.15, -0.1) is 0 Å². The lowest BCUT2D eigenvalue weighted by Crippen LogP contribution is -2.31. The number of hydrogen-bond acceptors (Lipinski definition) is 4. The van der Waals surface area contributed by atoms with E-state index in [9.17, 15) is 4.79 Å². The van der Waals surface area contributed by atoms with Crippen LogP contribution in [0.15, 0.2) is 24.3 Å². The lowest BCUT2D eigenvalue weighted by atomic mass is 10.2. The zero-order valence-electron chi connectivity index (χ0n) is 13.7. The summed E-state index contributed by atoms with van der Waals surface area (Å²) >= 11 is 0. The molecule has 0 aromatic heterocycles. The molecule has 1 saturated heterocycles. The van der Waals surface area contributed by atoms with Gasteiger partial charge in [-0.25, -0.2) is 4.79 Å². The van der Waals surface area contributed by atoms with E-state index in [4.69, 9.17) is 9.47 Å². The number of nitrogens with zero attached hydrogens (tertiary/aromatic N) is 1. The van der Waals surface area contributed by atoms with Crippen molar-refractivity contribution in [2.75, 3.05) is 26.3 Å². The minimum Gasteiger partial charge on any atom is -0.494 e. The van der Waals surface area contributed by atoms with Crippen molar-refractivity contribution in [2.24, 2.45) is 0 Å². The van der Waals surface area contributed by atoms with Gasteiger partial charge in [-0.2, -0.15) is 0 Å². The van der Waals surface area contributed by atoms with E-state index in [1.54, 1.807) is 12.1 Å². The number of benzene rings is 1. The average Bonchev–Trinajstić information content (AvgIpc) is 3.07. The van der Waals surface area contributed by atoms with Gasteiger partial charge in [0.2, 0.25) is 0 Å². The Labute approximate surface area is 133 Å². The molecule has 0 saturated carbocycles. The molecule has 2 rings (SSSR count). The molecule has 1 aliphatic heterocycles. The molecule has 0 spiro atoms. The standard InChI is InChI=1S/C18H27NO3/c1-3-13-21-17-8-6-16(7-9-17)18(20)22-14-10-15(2)19-11-4-5-12-19/h6-9,15H,3-5,10-14H2,1-2H3. The molecule has 4 nitrogen and oxygen atoms in total. The molecule has 0 amide bonds. The molecule has 1 aliphatic rings. The zero-order valence-corrected chi connectivity index (χ0v) is 13.7. The maximum absolute atomic E-state index is 12.0. The Balaban J connectivity index is 1.72. The molecule has 4 heteroatoms. The van der Waals surface area contributed by atoms with Gasteiger partial charge in [0.25, 0.3) is 0 Å². The van der Waals surface area contributed by atoms with Crippen LogP contribution in [-0.2, 0) is 4.74 Å². The molecule has 122 valence electrons. The highest BCUT2D eigenvalue weighted by molar-refractivity contribution is 5.89. The molecular weight excluding hydrogens is 278 g/mol. The van der Waals surface area contributed by atoms with E-state index in [2.05, 4.69) is 18.7 Å². The topological polar surface area (TPSA) is 38.8 Å². The normalized spacial score (nSPS) is 16.5. The first kappa shape index (κ1) is 16.8. The monoisotopic (exact) mass is 305 g/mol. The first-order valence-electron chi connectivity index (χ1n) is 8.34. The first-order valence-corrected chi connectivity index (χ1v) is 8.34. The highest BCUT2D eigenvalue weighted by atomic mass is 16.5. The quantitative estimate of drug-likeness (QED) is 0.689. The highest BCUT2D eigenvalue weighted by Crippen LogP contribution is 2.15. The third-order valence-corrected chi connectivity index (χ3v) is 4.10. The van der Waals surface area contributed by atoms with Crippen LogP contribution in [0.4, 0.5) is 0 Å². The van der Waals surface area contributed by atoms with Crippen molar-refractivity contribution in [1.82, 2.24) is 4.90 Å². The van der Waals surface area contributed by atoms with Crippen molar-refractivity contribution in [1.29, 1.82) is 0 Å². The first-order chi connectivity index (χ1) is 10.7. The smallest absolute Gasteiger partial charge is 0.338 e. The fourth-order valence-corrected chi connectivity index (χ4v) is 2.68. The van der Waals surface area contributed by atoms with Crippen LogP contribution in [0.25, 0.3) is 0 Å². The molecule has 0 bridgehead atoms. The number of rotatable bonds is 8. The second-order valence-electron chi connectivity index (χ2n) is 5.89. The number of carbonyl (C=O) groups excluding carboxylic acids is 1. The summed E-state index contributed by atoms with van der Waals surface area (Å²) in [5.41, 5.74) is 0.581. The van der Waals surface area contributed by atoms with E-state index in [1.165, 1.54) is 25.9 Å². The molecule has 22 heavy (non-hydrogen) atoms. The fraction of sp³-hybridized carbons (Fsp3) is 0.611. The van der Waals surface area contributed by atoms with Gasteiger partial charge in [-0.05, 0) is 70.0 Å². The van der Waals surface area contributed by atoms with Crippen LogP contribution < -0.4 is 4.74 Å². The Kier molecular flexibility index (Phi) is 6.72. The maximum Gasteiger partial charge on any atom is 0.338 e. The van der Waals surface area contributed by atoms with Crippen molar-refractivity contribution < 1.29 is 14.3 Å². The summed E-state index contributed by atoms with van der Waals surface area (Å²) in [6, 6.07) is 7.65. The molecule has 1 aromatic carbocycles. The molecule has 1 heterocycles. The van der Waals surface area contributed by atoms with Crippen LogP contribution in [0.5, 0.6) is 5.75 Å². The maximum atomic E-state index is 12.0. The largest absolute Gasteiger partial charge is 0.494 e. The van der Waals surface area contributed by atoms with Crippen molar-refractivity contribution in [3.8, 4) is 5.75 Å². The van der Waals surface area contributed by atoms with Crippen molar-refractivity contribution >= 4 is 5.97 Å². The summed E-state index contributed by atoms with van der Waals surface area (Å²) < 4.78 is 10.9. The van der Waals surface area contributed by atoms with E-state index in [-0.39, 0.29) is 5.97 Å². The average molecular weight is 305 g/mol. The molecule has 0 radical (unpaired) electrons. The minimum absolute atomic E-state index is 0.254. The highest BCUT2D eigenvalue weighted by Gasteiger charge is 2.18. The van der Waals surface area contributed by atoms with E-state index >= 15 is 0 Å². The molecule has 1 fully saturated rings. The van der Waals surface area contributed by atoms with E-state index in [1.807, 2.05) is 12.1 Å². The Bertz CT molecular complexity index is 452. The van der Waals surface area contributed by atoms with E-state index in [0.29, 0.717) is 24.8 Å².